The minimum Gasteiger partial charge on any atom is -0.335 e. The first-order valence-electron chi connectivity index (χ1n) is 11.6. The van der Waals surface area contributed by atoms with Gasteiger partial charge in [-0.2, -0.15) is 0 Å². The maximum absolute atomic E-state index is 13.4. The Morgan fingerprint density at radius 1 is 0.919 bits per heavy atom. The summed E-state index contributed by atoms with van der Waals surface area (Å²) >= 11 is 0. The highest BCUT2D eigenvalue weighted by molar-refractivity contribution is 7.93. The van der Waals surface area contributed by atoms with E-state index in [1.165, 1.54) is 42.7 Å². The number of para-hydroxylation sites is 1. The Morgan fingerprint density at radius 2 is 1.65 bits per heavy atom. The molecule has 8 nitrogen and oxygen atoms in total. The number of halogens is 2. The van der Waals surface area contributed by atoms with E-state index in [-0.39, 0.29) is 22.2 Å². The van der Waals surface area contributed by atoms with Gasteiger partial charge < -0.3 is 4.90 Å². The van der Waals surface area contributed by atoms with Crippen LogP contribution in [-0.4, -0.2) is 60.3 Å². The summed E-state index contributed by atoms with van der Waals surface area (Å²) in [5, 5.41) is 0.702. The van der Waals surface area contributed by atoms with Crippen LogP contribution in [0.4, 0.5) is 14.5 Å². The third-order valence-electron chi connectivity index (χ3n) is 6.11. The number of rotatable bonds is 6. The third-order valence-corrected chi connectivity index (χ3v) is 7.52. The molecule has 1 fully saturated rings. The van der Waals surface area contributed by atoms with Crippen LogP contribution in [0.5, 0.6) is 0 Å². The number of amides is 1. The fourth-order valence-electron chi connectivity index (χ4n) is 4.32. The molecule has 2 aromatic carbocycles. The van der Waals surface area contributed by atoms with Crippen molar-refractivity contribution in [2.75, 3.05) is 30.9 Å². The number of carbonyl (C=O) groups excluding carboxylic acids is 1. The van der Waals surface area contributed by atoms with Gasteiger partial charge in [0.1, 0.15) is 22.2 Å². The molecule has 1 N–H and O–H groups in total. The zero-order valence-electron chi connectivity index (χ0n) is 19.6. The van der Waals surface area contributed by atoms with E-state index in [9.17, 15) is 22.0 Å². The maximum atomic E-state index is 13.4. The molecule has 1 amide bonds. The summed E-state index contributed by atoms with van der Waals surface area (Å²) in [4.78, 5) is 25.0. The van der Waals surface area contributed by atoms with Crippen LogP contribution in [0.1, 0.15) is 16.1 Å². The van der Waals surface area contributed by atoms with Crippen molar-refractivity contribution in [1.29, 1.82) is 0 Å². The first kappa shape index (κ1) is 24.7. The lowest BCUT2D eigenvalue weighted by molar-refractivity contribution is 0.0622. The molecule has 0 atom stereocenters. The normalized spacial score (nSPS) is 14.6. The van der Waals surface area contributed by atoms with E-state index in [0.29, 0.717) is 49.2 Å². The van der Waals surface area contributed by atoms with E-state index in [1.807, 2.05) is 4.90 Å². The molecule has 2 aromatic heterocycles. The molecular formula is C26H23F2N5O3S. The number of nitrogens with zero attached hydrogens (tertiary/aromatic N) is 4. The second-order valence-corrected chi connectivity index (χ2v) is 10.4. The van der Waals surface area contributed by atoms with Crippen molar-refractivity contribution in [3.63, 3.8) is 0 Å². The number of carbonyl (C=O) groups is 1. The quantitative estimate of drug-likeness (QED) is 0.415. The molecule has 37 heavy (non-hydrogen) atoms. The van der Waals surface area contributed by atoms with Crippen LogP contribution in [0.2, 0.25) is 0 Å². The molecule has 1 saturated heterocycles. The fourth-order valence-corrected chi connectivity index (χ4v) is 5.54. The summed E-state index contributed by atoms with van der Waals surface area (Å²) in [7, 11) is -3.93. The molecule has 4 aromatic rings. The fraction of sp³-hybridized carbons (Fsp3) is 0.192. The molecule has 3 heterocycles. The number of sulfonamides is 1. The van der Waals surface area contributed by atoms with Gasteiger partial charge in [0.05, 0.1) is 17.4 Å². The van der Waals surface area contributed by atoms with E-state index in [4.69, 9.17) is 0 Å². The maximum Gasteiger partial charge on any atom is 0.272 e. The first-order chi connectivity index (χ1) is 17.8. The number of hydrogen-bond acceptors (Lipinski definition) is 6. The van der Waals surface area contributed by atoms with E-state index >= 15 is 0 Å². The van der Waals surface area contributed by atoms with Gasteiger partial charge in [-0.15, -0.1) is 0 Å². The van der Waals surface area contributed by atoms with Crippen molar-refractivity contribution in [3.8, 4) is 0 Å². The Morgan fingerprint density at radius 3 is 2.35 bits per heavy atom. The lowest BCUT2D eigenvalue weighted by Gasteiger charge is -2.34. The standard InChI is InChI=1S/C26H23F2N5O3S/c27-20-13-18(14-21(28)15-20)17-32-9-11-33(12-10-32)26(34)23-7-6-22(16-30-23)31-37(35,36)24-5-1-3-19-4-2-8-29-25(19)24/h1-8,13-16,31H,9-12,17H2. The molecule has 190 valence electrons. The topological polar surface area (TPSA) is 95.5 Å². The summed E-state index contributed by atoms with van der Waals surface area (Å²) in [6.07, 6.45) is 2.84. The van der Waals surface area contributed by atoms with Crippen molar-refractivity contribution in [3.05, 3.63) is 95.9 Å². The number of nitrogens with one attached hydrogen (secondary N) is 1. The molecule has 0 aliphatic carbocycles. The Bertz CT molecular complexity index is 1530. The monoisotopic (exact) mass is 523 g/mol. The van der Waals surface area contributed by atoms with E-state index in [2.05, 4.69) is 14.7 Å². The molecule has 5 rings (SSSR count). The zero-order valence-corrected chi connectivity index (χ0v) is 20.5. The molecule has 0 bridgehead atoms. The minimum absolute atomic E-state index is 0.0459. The smallest absolute Gasteiger partial charge is 0.272 e. The number of aromatic nitrogens is 2. The summed E-state index contributed by atoms with van der Waals surface area (Å²) in [5.41, 5.74) is 1.31. The van der Waals surface area contributed by atoms with Crippen LogP contribution in [0.3, 0.4) is 0 Å². The molecule has 1 aliphatic rings. The van der Waals surface area contributed by atoms with Crippen LogP contribution in [0.25, 0.3) is 10.9 Å². The van der Waals surface area contributed by atoms with Gasteiger partial charge in [0.2, 0.25) is 0 Å². The number of benzene rings is 2. The molecule has 1 aliphatic heterocycles. The summed E-state index contributed by atoms with van der Waals surface area (Å²) in [6, 6.07) is 14.8. The molecule has 11 heteroatoms. The Kier molecular flexibility index (Phi) is 6.81. The SMILES string of the molecule is O=C(c1ccc(NS(=O)(=O)c2cccc3cccnc23)cn1)N1CCN(Cc2cc(F)cc(F)c2)CC1. The predicted molar refractivity (Wildman–Crippen MR) is 134 cm³/mol. The van der Waals surface area contributed by atoms with Gasteiger partial charge in [0.25, 0.3) is 15.9 Å². The van der Waals surface area contributed by atoms with E-state index in [1.54, 1.807) is 29.2 Å². The minimum atomic E-state index is -3.93. The Hall–Kier alpha value is -3.96. The van der Waals surface area contributed by atoms with Crippen molar-refractivity contribution in [2.45, 2.75) is 11.4 Å². The van der Waals surface area contributed by atoms with Gasteiger partial charge in [-0.3, -0.25) is 19.4 Å². The number of pyridine rings is 2. The second-order valence-electron chi connectivity index (χ2n) is 8.71. The predicted octanol–water partition coefficient (Wildman–Crippen LogP) is 3.67. The van der Waals surface area contributed by atoms with E-state index in [0.717, 1.165) is 6.07 Å². The van der Waals surface area contributed by atoms with Gasteiger partial charge in [-0.1, -0.05) is 18.2 Å². The van der Waals surface area contributed by atoms with Gasteiger partial charge in [0, 0.05) is 50.4 Å². The second kappa shape index (κ2) is 10.2. The van der Waals surface area contributed by atoms with Crippen molar-refractivity contribution in [2.24, 2.45) is 0 Å². The number of anilines is 1. The van der Waals surface area contributed by atoms with Gasteiger partial charge in [-0.05, 0) is 42.0 Å². The third kappa shape index (κ3) is 5.57. The zero-order chi connectivity index (χ0) is 26.0. The van der Waals surface area contributed by atoms with Crippen LogP contribution >= 0.6 is 0 Å². The lowest BCUT2D eigenvalue weighted by Crippen LogP contribution is -2.48. The first-order valence-corrected chi connectivity index (χ1v) is 13.1. The van der Waals surface area contributed by atoms with E-state index < -0.39 is 21.7 Å². The molecule has 0 saturated carbocycles. The van der Waals surface area contributed by atoms with Crippen LogP contribution in [0, 0.1) is 11.6 Å². The number of hydrogen-bond donors (Lipinski definition) is 1. The van der Waals surface area contributed by atoms with Gasteiger partial charge in [-0.25, -0.2) is 22.2 Å². The molecule has 0 spiro atoms. The highest BCUT2D eigenvalue weighted by Crippen LogP contribution is 2.23. The Balaban J connectivity index is 1.21. The molecule has 0 radical (unpaired) electrons. The van der Waals surface area contributed by atoms with Crippen LogP contribution in [-0.2, 0) is 16.6 Å². The molecule has 0 unspecified atom stereocenters. The largest absolute Gasteiger partial charge is 0.335 e. The van der Waals surface area contributed by atoms with Crippen molar-refractivity contribution >= 4 is 32.5 Å². The number of fused-ring (bicyclic) bond motifs is 1. The Labute approximate surface area is 212 Å². The highest BCUT2D eigenvalue weighted by Gasteiger charge is 2.24. The average molecular weight is 524 g/mol. The van der Waals surface area contributed by atoms with Crippen LogP contribution < -0.4 is 4.72 Å². The average Bonchev–Trinajstić information content (AvgIpc) is 2.88. The van der Waals surface area contributed by atoms with Gasteiger partial charge in [0.15, 0.2) is 0 Å². The number of piperazine rings is 1. The summed E-state index contributed by atoms with van der Waals surface area (Å²) in [6.45, 7) is 2.33. The van der Waals surface area contributed by atoms with Crippen molar-refractivity contribution < 1.29 is 22.0 Å². The molecular weight excluding hydrogens is 500 g/mol. The lowest BCUT2D eigenvalue weighted by atomic mass is 10.2. The summed E-state index contributed by atoms with van der Waals surface area (Å²) < 4.78 is 55.3. The van der Waals surface area contributed by atoms with Crippen LogP contribution in [0.15, 0.2) is 78.0 Å². The highest BCUT2D eigenvalue weighted by atomic mass is 32.2. The van der Waals surface area contributed by atoms with Crippen molar-refractivity contribution in [1.82, 2.24) is 19.8 Å². The summed E-state index contributed by atoms with van der Waals surface area (Å²) in [5.74, 6) is -1.51. The van der Waals surface area contributed by atoms with Gasteiger partial charge >= 0.3 is 0 Å².